The first-order chi connectivity index (χ1) is 8.88. The Balaban J connectivity index is 2.11. The van der Waals surface area contributed by atoms with E-state index in [9.17, 15) is 18.0 Å². The third kappa shape index (κ3) is 3.83. The summed E-state index contributed by atoms with van der Waals surface area (Å²) in [6.45, 7) is 2.55. The van der Waals surface area contributed by atoms with Gasteiger partial charge in [-0.05, 0) is 31.4 Å². The number of nitrogens with zero attached hydrogens (tertiary/aromatic N) is 1. The number of hydrogen-bond acceptors (Lipinski definition) is 2. The maximum absolute atomic E-state index is 12.8. The summed E-state index contributed by atoms with van der Waals surface area (Å²) >= 11 is 0. The number of aromatic nitrogens is 1. The average molecular weight is 274 g/mol. The van der Waals surface area contributed by atoms with Crippen LogP contribution in [0.25, 0.3) is 0 Å². The third-order valence-electron chi connectivity index (χ3n) is 3.17. The molecule has 1 aromatic heterocycles. The number of rotatable bonds is 5. The van der Waals surface area contributed by atoms with Gasteiger partial charge >= 0.3 is 6.18 Å². The van der Waals surface area contributed by atoms with Gasteiger partial charge in [0.2, 0.25) is 0 Å². The van der Waals surface area contributed by atoms with Crippen molar-refractivity contribution >= 4 is 0 Å². The summed E-state index contributed by atoms with van der Waals surface area (Å²) in [5, 5.41) is 3.26. The third-order valence-corrected chi connectivity index (χ3v) is 3.17. The molecule has 1 atom stereocenters. The second-order valence-corrected chi connectivity index (χ2v) is 5.15. The maximum Gasteiger partial charge on any atom is 0.431 e. The van der Waals surface area contributed by atoms with Crippen LogP contribution < -0.4 is 10.9 Å². The summed E-state index contributed by atoms with van der Waals surface area (Å²) in [6.07, 6.45) is -2.23. The van der Waals surface area contributed by atoms with Crippen molar-refractivity contribution in [1.29, 1.82) is 0 Å². The predicted octanol–water partition coefficient (Wildman–Crippen LogP) is 2.26. The van der Waals surface area contributed by atoms with Crippen LogP contribution in [0.5, 0.6) is 0 Å². The minimum atomic E-state index is -4.50. The van der Waals surface area contributed by atoms with Crippen molar-refractivity contribution in [2.75, 3.05) is 6.54 Å². The van der Waals surface area contributed by atoms with Crippen LogP contribution in [0.3, 0.4) is 0 Å². The van der Waals surface area contributed by atoms with Gasteiger partial charge in [-0.1, -0.05) is 13.0 Å². The zero-order valence-electron chi connectivity index (χ0n) is 10.7. The van der Waals surface area contributed by atoms with E-state index in [0.717, 1.165) is 35.6 Å². The highest BCUT2D eigenvalue weighted by Crippen LogP contribution is 2.28. The molecule has 2 rings (SSSR count). The molecule has 106 valence electrons. The molecule has 0 amide bonds. The van der Waals surface area contributed by atoms with Gasteiger partial charge in [-0.15, -0.1) is 0 Å². The highest BCUT2D eigenvalue weighted by atomic mass is 19.4. The Bertz CT molecular complexity index is 491. The number of hydrogen-bond donors (Lipinski definition) is 1. The van der Waals surface area contributed by atoms with Gasteiger partial charge in [0, 0.05) is 18.7 Å². The van der Waals surface area contributed by atoms with E-state index in [2.05, 4.69) is 5.32 Å². The van der Waals surface area contributed by atoms with Crippen molar-refractivity contribution in [3.8, 4) is 0 Å². The average Bonchev–Trinajstić information content (AvgIpc) is 3.11. The summed E-state index contributed by atoms with van der Waals surface area (Å²) in [4.78, 5) is 11.6. The Kier molecular flexibility index (Phi) is 3.99. The fourth-order valence-corrected chi connectivity index (χ4v) is 1.99. The zero-order valence-corrected chi connectivity index (χ0v) is 10.7. The lowest BCUT2D eigenvalue weighted by molar-refractivity contribution is -0.144. The molecule has 0 spiro atoms. The van der Waals surface area contributed by atoms with E-state index >= 15 is 0 Å². The van der Waals surface area contributed by atoms with Gasteiger partial charge in [0.25, 0.3) is 5.56 Å². The van der Waals surface area contributed by atoms with Gasteiger partial charge < -0.3 is 9.88 Å². The SMILES string of the molecule is CC(CNC1CC1)Cn1c(C(F)(F)F)cccc1=O. The van der Waals surface area contributed by atoms with Crippen LogP contribution in [-0.4, -0.2) is 17.2 Å². The first kappa shape index (κ1) is 14.1. The lowest BCUT2D eigenvalue weighted by atomic mass is 10.1. The van der Waals surface area contributed by atoms with E-state index in [1.807, 2.05) is 6.92 Å². The molecule has 1 unspecified atom stereocenters. The quantitative estimate of drug-likeness (QED) is 0.893. The second-order valence-electron chi connectivity index (χ2n) is 5.15. The summed E-state index contributed by atoms with van der Waals surface area (Å²) in [6, 6.07) is 3.77. The van der Waals surface area contributed by atoms with Crippen LogP contribution >= 0.6 is 0 Å². The van der Waals surface area contributed by atoms with Crippen molar-refractivity contribution in [3.63, 3.8) is 0 Å². The molecule has 1 aliphatic rings. The maximum atomic E-state index is 12.8. The van der Waals surface area contributed by atoms with Crippen molar-refractivity contribution in [2.24, 2.45) is 5.92 Å². The zero-order chi connectivity index (χ0) is 14.0. The summed E-state index contributed by atoms with van der Waals surface area (Å²) in [5.41, 5.74) is -1.48. The molecular weight excluding hydrogens is 257 g/mol. The minimum absolute atomic E-state index is 0.0261. The molecule has 0 aromatic carbocycles. The normalized spacial score (nSPS) is 17.5. The van der Waals surface area contributed by atoms with Gasteiger partial charge in [-0.2, -0.15) is 13.2 Å². The van der Waals surface area contributed by atoms with Gasteiger partial charge in [-0.25, -0.2) is 0 Å². The van der Waals surface area contributed by atoms with Crippen molar-refractivity contribution in [1.82, 2.24) is 9.88 Å². The number of halogens is 3. The van der Waals surface area contributed by atoms with E-state index in [1.165, 1.54) is 0 Å². The summed E-state index contributed by atoms with van der Waals surface area (Å²) in [7, 11) is 0. The number of nitrogens with one attached hydrogen (secondary N) is 1. The highest BCUT2D eigenvalue weighted by molar-refractivity contribution is 5.10. The van der Waals surface area contributed by atoms with Gasteiger partial charge in [0.15, 0.2) is 0 Å². The van der Waals surface area contributed by atoms with Crippen LogP contribution in [-0.2, 0) is 12.7 Å². The number of alkyl halides is 3. The Morgan fingerprint density at radius 1 is 1.42 bits per heavy atom. The fourth-order valence-electron chi connectivity index (χ4n) is 1.99. The highest BCUT2D eigenvalue weighted by Gasteiger charge is 2.34. The van der Waals surface area contributed by atoms with E-state index in [4.69, 9.17) is 0 Å². The molecule has 1 saturated carbocycles. The lowest BCUT2D eigenvalue weighted by Crippen LogP contribution is -2.33. The van der Waals surface area contributed by atoms with Crippen LogP contribution in [0, 0.1) is 5.92 Å². The van der Waals surface area contributed by atoms with Gasteiger partial charge in [0.1, 0.15) is 5.69 Å². The molecule has 0 aliphatic heterocycles. The standard InChI is InChI=1S/C13H17F3N2O/c1-9(7-17-10-5-6-10)8-18-11(13(14,15)16)3-2-4-12(18)19/h2-4,9-10,17H,5-8H2,1H3. The largest absolute Gasteiger partial charge is 0.431 e. The fraction of sp³-hybridized carbons (Fsp3) is 0.615. The van der Waals surface area contributed by atoms with E-state index in [-0.39, 0.29) is 12.5 Å². The molecule has 0 bridgehead atoms. The van der Waals surface area contributed by atoms with Crippen LogP contribution in [0.2, 0.25) is 0 Å². The topological polar surface area (TPSA) is 34.0 Å². The molecule has 6 heteroatoms. The Hall–Kier alpha value is -1.30. The van der Waals surface area contributed by atoms with Crippen molar-refractivity contribution in [2.45, 2.75) is 38.5 Å². The van der Waals surface area contributed by atoms with Gasteiger partial charge in [0.05, 0.1) is 0 Å². The molecule has 1 fully saturated rings. The van der Waals surface area contributed by atoms with Crippen molar-refractivity contribution in [3.05, 3.63) is 34.2 Å². The molecule has 0 radical (unpaired) electrons. The predicted molar refractivity (Wildman–Crippen MR) is 65.9 cm³/mol. The molecule has 3 nitrogen and oxygen atoms in total. The molecule has 1 aromatic rings. The van der Waals surface area contributed by atoms with Crippen molar-refractivity contribution < 1.29 is 13.2 Å². The molecule has 1 heterocycles. The van der Waals surface area contributed by atoms with Crippen LogP contribution in [0.4, 0.5) is 13.2 Å². The smallest absolute Gasteiger partial charge is 0.314 e. The number of pyridine rings is 1. The van der Waals surface area contributed by atoms with E-state index in [0.29, 0.717) is 12.6 Å². The first-order valence-electron chi connectivity index (χ1n) is 6.38. The lowest BCUT2D eigenvalue weighted by Gasteiger charge is -2.19. The van der Waals surface area contributed by atoms with Crippen LogP contribution in [0.1, 0.15) is 25.5 Å². The van der Waals surface area contributed by atoms with E-state index < -0.39 is 17.4 Å². The van der Waals surface area contributed by atoms with E-state index in [1.54, 1.807) is 0 Å². The molecule has 19 heavy (non-hydrogen) atoms. The Morgan fingerprint density at radius 2 is 2.11 bits per heavy atom. The molecule has 1 N–H and O–H groups in total. The Morgan fingerprint density at radius 3 is 2.68 bits per heavy atom. The Labute approximate surface area is 109 Å². The molecule has 0 saturated heterocycles. The molecule has 1 aliphatic carbocycles. The minimum Gasteiger partial charge on any atom is -0.314 e. The second kappa shape index (κ2) is 5.36. The monoisotopic (exact) mass is 274 g/mol. The summed E-state index contributed by atoms with van der Waals surface area (Å²) < 4.78 is 39.3. The van der Waals surface area contributed by atoms with Gasteiger partial charge in [-0.3, -0.25) is 4.79 Å². The summed E-state index contributed by atoms with van der Waals surface area (Å²) in [5.74, 6) is -0.0261. The first-order valence-corrected chi connectivity index (χ1v) is 6.38. The molecular formula is C13H17F3N2O. The van der Waals surface area contributed by atoms with Crippen LogP contribution in [0.15, 0.2) is 23.0 Å².